The van der Waals surface area contributed by atoms with Crippen LogP contribution in [0.25, 0.3) is 43.1 Å². The number of carbonyl (C=O) groups is 4. The first-order valence-electron chi connectivity index (χ1n) is 10.2. The molecule has 33 heavy (non-hydrogen) atoms. The molecule has 3 N–H and O–H groups in total. The first-order valence-corrected chi connectivity index (χ1v) is 16.1. The van der Waals surface area contributed by atoms with Gasteiger partial charge >= 0.3 is 188 Å². The molecule has 8 nitrogen and oxygen atoms in total. The van der Waals surface area contributed by atoms with Gasteiger partial charge in [0.25, 0.3) is 0 Å². The fraction of sp³-hybridized carbons (Fsp3) is 0. The summed E-state index contributed by atoms with van der Waals surface area (Å²) in [6, 6.07) is 20.2. The van der Waals surface area contributed by atoms with Gasteiger partial charge in [0.05, 0.1) is 0 Å². The van der Waals surface area contributed by atoms with Crippen LogP contribution in [-0.2, 0) is 14.8 Å². The topological polar surface area (TPSA) is 138 Å². The van der Waals surface area contributed by atoms with E-state index in [-0.39, 0.29) is 5.75 Å². The van der Waals surface area contributed by atoms with Crippen LogP contribution in [0.3, 0.4) is 0 Å². The van der Waals surface area contributed by atoms with Gasteiger partial charge in [-0.3, -0.25) is 0 Å². The molecule has 0 amide bonds. The Morgan fingerprint density at radius 1 is 0.576 bits per heavy atom. The van der Waals surface area contributed by atoms with Crippen molar-refractivity contribution < 1.29 is 54.0 Å². The molecule has 0 radical (unpaired) electrons. The van der Waals surface area contributed by atoms with E-state index < -0.39 is 33.0 Å². The number of ether oxygens (including phenoxy) is 1. The Bertz CT molecular complexity index is 1610. The van der Waals surface area contributed by atoms with Crippen molar-refractivity contribution in [2.24, 2.45) is 0 Å². The number of benzene rings is 5. The normalized spacial score (nSPS) is 11.4. The zero-order chi connectivity index (χ0) is 23.5. The van der Waals surface area contributed by atoms with Crippen LogP contribution in [0, 0.1) is 0 Å². The van der Waals surface area contributed by atoms with Crippen LogP contribution in [-0.4, -0.2) is 33.6 Å². The van der Waals surface area contributed by atoms with Gasteiger partial charge in [-0.2, -0.15) is 0 Å². The maximum absolute atomic E-state index is 12.9. The molecule has 0 atom stereocenters. The number of carboxylic acid groups (broad SMARTS) is 3. The van der Waals surface area contributed by atoms with Gasteiger partial charge in [-0.15, -0.1) is 0 Å². The summed E-state index contributed by atoms with van der Waals surface area (Å²) in [7, 11) is 0. The van der Waals surface area contributed by atoms with Gasteiger partial charge in [0, 0.05) is 0 Å². The average molecular weight is 496 g/mol. The molecule has 0 saturated heterocycles. The molecule has 5 aromatic carbocycles. The molecule has 0 fully saturated rings. The molecule has 0 aromatic heterocycles. The quantitative estimate of drug-likeness (QED) is 0.144. The van der Waals surface area contributed by atoms with Gasteiger partial charge in [-0.1, -0.05) is 0 Å². The second kappa shape index (κ2) is 7.22. The monoisotopic (exact) mass is 494 g/mol. The first kappa shape index (κ1) is 20.8. The molecule has 0 bridgehead atoms. The van der Waals surface area contributed by atoms with E-state index in [4.69, 9.17) is 4.74 Å². The standard InChI is InChI=1S/C21H11O2.3CHO2.Zn/c22-12-23-18-11-10-14-6-2-8-16-15-7-1-4-13-5-3-9-17(19(13)15)21(18)20(14)16;3*2-1-3;/h1-11H;3*(H,2,3);. The van der Waals surface area contributed by atoms with Gasteiger partial charge in [0.2, 0.25) is 0 Å². The third-order valence-corrected chi connectivity index (χ3v) is 14.3. The molecule has 0 spiro atoms. The van der Waals surface area contributed by atoms with Crippen molar-refractivity contribution >= 4 is 61.3 Å². The van der Waals surface area contributed by atoms with Gasteiger partial charge < -0.3 is 0 Å². The van der Waals surface area contributed by atoms with Crippen LogP contribution in [0.5, 0.6) is 5.75 Å². The van der Waals surface area contributed by atoms with E-state index in [9.17, 15) is 34.5 Å². The summed E-state index contributed by atoms with van der Waals surface area (Å²) in [5.74, 6) is -0.0749. The Balaban J connectivity index is 1.86. The van der Waals surface area contributed by atoms with Crippen molar-refractivity contribution in [1.29, 1.82) is 0 Å². The van der Waals surface area contributed by atoms with Crippen molar-refractivity contribution in [3.8, 4) is 5.75 Å². The van der Waals surface area contributed by atoms with Crippen molar-refractivity contribution in [1.82, 2.24) is 0 Å². The van der Waals surface area contributed by atoms with Crippen LogP contribution in [0.1, 0.15) is 0 Å². The summed E-state index contributed by atoms with van der Waals surface area (Å²) in [4.78, 5) is 48.0. The van der Waals surface area contributed by atoms with Crippen molar-refractivity contribution in [2.75, 3.05) is 0 Å². The molecule has 0 unspecified atom stereocenters. The first-order chi connectivity index (χ1) is 15.8. The minimum absolute atomic E-state index is 0.0749. The number of carbonyl (C=O) groups excluding carboxylic acids is 1. The van der Waals surface area contributed by atoms with E-state index in [1.54, 1.807) is 6.07 Å². The van der Waals surface area contributed by atoms with Crippen LogP contribution in [0.4, 0.5) is 19.2 Å². The SMILES string of the molecule is O=[C](O)[Zn]([C](=O)O)([C](=O)O)[C](=O)Oc1ccc2cccc3c4cccc5cccc(c1c23)c54. The summed E-state index contributed by atoms with van der Waals surface area (Å²) in [5.41, 5.74) is 0. The number of hydrogen-bond acceptors (Lipinski definition) is 5. The van der Waals surface area contributed by atoms with E-state index in [1.165, 1.54) is 6.07 Å². The fourth-order valence-electron chi connectivity index (χ4n) is 4.70. The van der Waals surface area contributed by atoms with Gasteiger partial charge in [0.15, 0.2) is 0 Å². The maximum atomic E-state index is 12.9. The number of fused-ring (bicyclic) bond motifs is 2. The molecular weight excluding hydrogens is 482 g/mol. The molecule has 0 aliphatic carbocycles. The summed E-state index contributed by atoms with van der Waals surface area (Å²) >= 11 is -6.72. The van der Waals surface area contributed by atoms with Gasteiger partial charge in [-0.05, 0) is 0 Å². The Morgan fingerprint density at radius 3 is 1.61 bits per heavy atom. The molecule has 0 aliphatic heterocycles. The fourth-order valence-corrected chi connectivity index (χ4v) is 8.66. The van der Waals surface area contributed by atoms with Gasteiger partial charge in [-0.25, -0.2) is 0 Å². The van der Waals surface area contributed by atoms with Gasteiger partial charge in [0.1, 0.15) is 0 Å². The summed E-state index contributed by atoms with van der Waals surface area (Å²) < 4.78 is -2.76. The Kier molecular flexibility index (Phi) is 4.55. The van der Waals surface area contributed by atoms with Crippen LogP contribution in [0.2, 0.25) is 0 Å². The predicted molar refractivity (Wildman–Crippen MR) is 118 cm³/mol. The molecule has 160 valence electrons. The minimum atomic E-state index is -6.72. The molecule has 9 heteroatoms. The molecule has 5 rings (SSSR count). The Morgan fingerprint density at radius 2 is 1.06 bits per heavy atom. The predicted octanol–water partition coefficient (Wildman–Crippen LogP) is 6.42. The van der Waals surface area contributed by atoms with E-state index in [2.05, 4.69) is 0 Å². The third-order valence-electron chi connectivity index (χ3n) is 6.49. The van der Waals surface area contributed by atoms with E-state index >= 15 is 0 Å². The second-order valence-corrected chi connectivity index (χ2v) is 17.7. The van der Waals surface area contributed by atoms with Crippen LogP contribution in [0.15, 0.2) is 66.7 Å². The Hall–Kier alpha value is -4.10. The summed E-state index contributed by atoms with van der Waals surface area (Å²) in [5, 5.41) is 34.8. The second-order valence-electron chi connectivity index (χ2n) is 8.27. The molecule has 5 aromatic rings. The summed E-state index contributed by atoms with van der Waals surface area (Å²) in [6.45, 7) is 0. The van der Waals surface area contributed by atoms with E-state index in [0.717, 1.165) is 37.7 Å². The number of rotatable bonds is 5. The van der Waals surface area contributed by atoms with Crippen molar-refractivity contribution in [3.63, 3.8) is 0 Å². The van der Waals surface area contributed by atoms with Crippen molar-refractivity contribution in [3.05, 3.63) is 66.7 Å². The van der Waals surface area contributed by atoms with E-state index in [1.807, 2.05) is 54.6 Å². The average Bonchev–Trinajstić information content (AvgIpc) is 2.77. The molecule has 0 heterocycles. The van der Waals surface area contributed by atoms with Crippen LogP contribution >= 0.6 is 0 Å². The molecular formula is C24H14O8Zn. The third kappa shape index (κ3) is 2.72. The zero-order valence-corrected chi connectivity index (χ0v) is 19.9. The summed E-state index contributed by atoms with van der Waals surface area (Å²) in [6.07, 6.45) is 0. The van der Waals surface area contributed by atoms with Crippen LogP contribution < -0.4 is 4.74 Å². The van der Waals surface area contributed by atoms with Crippen molar-refractivity contribution in [2.45, 2.75) is 0 Å². The molecule has 0 aliphatic rings. The zero-order valence-electron chi connectivity index (χ0n) is 16.9. The van der Waals surface area contributed by atoms with E-state index in [0.29, 0.717) is 5.39 Å². The molecule has 0 saturated carbocycles. The number of hydrogen-bond donors (Lipinski definition) is 3. The Labute approximate surface area is 187 Å².